The second kappa shape index (κ2) is 35.0. The van der Waals surface area contributed by atoms with Crippen LogP contribution in [0.4, 0.5) is 0 Å². The first-order chi connectivity index (χ1) is 35.6. The molecule has 1 aromatic rings. The third kappa shape index (κ3) is 21.8. The van der Waals surface area contributed by atoms with Gasteiger partial charge in [-0.3, -0.25) is 33.7 Å². The van der Waals surface area contributed by atoms with Crippen molar-refractivity contribution in [2.45, 2.75) is 175 Å². The molecule has 1 saturated heterocycles. The maximum atomic E-state index is 14.5. The van der Waals surface area contributed by atoms with Crippen LogP contribution in [0.2, 0.25) is 0 Å². The molecule has 0 saturated carbocycles. The molecule has 1 aromatic carbocycles. The number of likely N-dealkylation sites (tertiary alicyclic amines) is 1. The van der Waals surface area contributed by atoms with E-state index in [4.69, 9.17) is 28.4 Å². The van der Waals surface area contributed by atoms with Crippen LogP contribution in [-0.4, -0.2) is 185 Å². The Morgan fingerprint density at radius 1 is 0.827 bits per heavy atom. The summed E-state index contributed by atoms with van der Waals surface area (Å²) < 4.78 is 33.6. The zero-order valence-corrected chi connectivity index (χ0v) is 47.8. The van der Waals surface area contributed by atoms with E-state index in [1.165, 1.54) is 14.2 Å². The molecule has 75 heavy (non-hydrogen) atoms. The van der Waals surface area contributed by atoms with E-state index in [2.05, 4.69) is 10.6 Å². The van der Waals surface area contributed by atoms with E-state index >= 15 is 0 Å². The lowest BCUT2D eigenvalue weighted by molar-refractivity contribution is -0.194. The number of ether oxygens (including phenoxy) is 6. The maximum Gasteiger partial charge on any atom is 0.328 e. The van der Waals surface area contributed by atoms with Gasteiger partial charge in [0.2, 0.25) is 23.6 Å². The van der Waals surface area contributed by atoms with Gasteiger partial charge in [-0.1, -0.05) is 92.1 Å². The van der Waals surface area contributed by atoms with E-state index < -0.39 is 72.4 Å². The number of Topliss-reactive ketones (excluding diaryl/α,β-unsaturated/α-hetero) is 1. The smallest absolute Gasteiger partial charge is 0.328 e. The molecule has 3 N–H and O–H groups in total. The van der Waals surface area contributed by atoms with Crippen molar-refractivity contribution in [1.29, 1.82) is 0 Å². The van der Waals surface area contributed by atoms with Crippen molar-refractivity contribution in [3.63, 3.8) is 0 Å². The van der Waals surface area contributed by atoms with Gasteiger partial charge in [-0.05, 0) is 69.5 Å². The zero-order chi connectivity index (χ0) is 56.4. The topological polar surface area (TPSA) is 229 Å². The molecule has 1 heterocycles. The van der Waals surface area contributed by atoms with E-state index in [-0.39, 0.29) is 112 Å². The van der Waals surface area contributed by atoms with Gasteiger partial charge in [0.25, 0.3) is 0 Å². The van der Waals surface area contributed by atoms with Crippen LogP contribution in [0, 0.1) is 29.6 Å². The van der Waals surface area contributed by atoms with Gasteiger partial charge in [0, 0.05) is 73.1 Å². The molecule has 2 rings (SSSR count). The van der Waals surface area contributed by atoms with Gasteiger partial charge in [-0.25, -0.2) is 4.79 Å². The first-order valence-electron chi connectivity index (χ1n) is 27.1. The lowest BCUT2D eigenvalue weighted by Crippen LogP contribution is -2.55. The number of aliphatic hydroxyl groups excluding tert-OH is 1. The molecule has 0 bridgehead atoms. The van der Waals surface area contributed by atoms with Crippen LogP contribution in [0.3, 0.4) is 0 Å². The number of esters is 2. The predicted octanol–water partition coefficient (Wildman–Crippen LogP) is 4.97. The van der Waals surface area contributed by atoms with Crippen LogP contribution in [-0.2, 0) is 68.4 Å². The SMILES string of the molecule is CCC(CO)OC(COC(=O)CCCC(=O)NCCCOC(=O)[C@H](Cc1ccccc1)NC(=O)[C@H](C)[C@@H](OC)[C@@H]1CCCN1C(=O)C[C@@H](OC)[C@H]([C@@H](C)CC)N(C)C(=O)[C@@H](CC(=O)[C@H](C(C)C)N(C)C)C(C)C)OC. The van der Waals surface area contributed by atoms with Crippen LogP contribution < -0.4 is 10.6 Å². The van der Waals surface area contributed by atoms with Gasteiger partial charge in [0.1, 0.15) is 12.6 Å². The molecule has 0 radical (unpaired) electrons. The van der Waals surface area contributed by atoms with Crippen LogP contribution in [0.1, 0.15) is 125 Å². The molecule has 1 aliphatic heterocycles. The molecule has 0 spiro atoms. The molecule has 19 nitrogen and oxygen atoms in total. The Morgan fingerprint density at radius 2 is 1.51 bits per heavy atom. The van der Waals surface area contributed by atoms with Gasteiger partial charge in [-0.2, -0.15) is 0 Å². The Hall–Kier alpha value is -4.53. The van der Waals surface area contributed by atoms with Gasteiger partial charge in [0.05, 0.1) is 62.0 Å². The van der Waals surface area contributed by atoms with E-state index in [0.717, 1.165) is 5.56 Å². The van der Waals surface area contributed by atoms with E-state index in [9.17, 15) is 38.7 Å². The highest BCUT2D eigenvalue weighted by atomic mass is 16.7. The third-order valence-electron chi connectivity index (χ3n) is 14.5. The summed E-state index contributed by atoms with van der Waals surface area (Å²) in [5.74, 6) is -3.69. The summed E-state index contributed by atoms with van der Waals surface area (Å²) in [5, 5.41) is 15.0. The Labute approximate surface area is 448 Å². The summed E-state index contributed by atoms with van der Waals surface area (Å²) in [6.07, 6.45) is 0.738. The number of aliphatic hydroxyl groups is 1. The highest BCUT2D eigenvalue weighted by Gasteiger charge is 2.44. The number of likely N-dealkylation sites (N-methyl/N-ethyl adjacent to an activating group) is 2. The van der Waals surface area contributed by atoms with Crippen LogP contribution in [0.25, 0.3) is 0 Å². The van der Waals surface area contributed by atoms with E-state index in [1.54, 1.807) is 30.9 Å². The summed E-state index contributed by atoms with van der Waals surface area (Å²) in [4.78, 5) is 100. The molecule has 1 fully saturated rings. The quantitative estimate of drug-likeness (QED) is 0.0454. The van der Waals surface area contributed by atoms with Gasteiger partial charge < -0.3 is 54.0 Å². The fourth-order valence-electron chi connectivity index (χ4n) is 10.0. The number of benzene rings is 1. The van der Waals surface area contributed by atoms with Gasteiger partial charge in [-0.15, -0.1) is 0 Å². The lowest BCUT2D eigenvalue weighted by Gasteiger charge is -2.41. The normalized spacial score (nSPS) is 17.8. The highest BCUT2D eigenvalue weighted by molar-refractivity contribution is 5.90. The largest absolute Gasteiger partial charge is 0.464 e. The molecular formula is C56H95N5O14. The number of amides is 4. The van der Waals surface area contributed by atoms with Gasteiger partial charge in [0.15, 0.2) is 12.1 Å². The third-order valence-corrected chi connectivity index (χ3v) is 14.5. The first kappa shape index (κ1) is 66.6. The average Bonchev–Trinajstić information content (AvgIpc) is 3.87. The fourth-order valence-corrected chi connectivity index (χ4v) is 10.0. The minimum Gasteiger partial charge on any atom is -0.464 e. The number of hydrogen-bond donors (Lipinski definition) is 3. The molecule has 1 aliphatic rings. The Balaban J connectivity index is 2.10. The van der Waals surface area contributed by atoms with Gasteiger partial charge >= 0.3 is 11.9 Å². The number of rotatable bonds is 37. The number of hydrogen-bond acceptors (Lipinski definition) is 15. The van der Waals surface area contributed by atoms with Crippen molar-refractivity contribution in [2.75, 3.05) is 75.4 Å². The molecule has 2 unspecified atom stereocenters. The monoisotopic (exact) mass is 1060 g/mol. The summed E-state index contributed by atoms with van der Waals surface area (Å²) >= 11 is 0. The second-order valence-electron chi connectivity index (χ2n) is 20.9. The van der Waals surface area contributed by atoms with E-state index in [0.29, 0.717) is 38.6 Å². The van der Waals surface area contributed by atoms with Crippen molar-refractivity contribution >= 4 is 41.4 Å². The molecule has 428 valence electrons. The molecule has 4 amide bonds. The summed E-state index contributed by atoms with van der Waals surface area (Å²) in [6, 6.07) is 6.91. The predicted molar refractivity (Wildman–Crippen MR) is 285 cm³/mol. The minimum absolute atomic E-state index is 0.00632. The Kier molecular flexibility index (Phi) is 31.1. The Bertz CT molecular complexity index is 1870. The number of nitrogens with zero attached hydrogens (tertiary/aromatic N) is 3. The molecular weight excluding hydrogens is 967 g/mol. The van der Waals surface area contributed by atoms with Crippen molar-refractivity contribution in [1.82, 2.24) is 25.3 Å². The number of carbonyl (C=O) groups excluding carboxylic acids is 7. The maximum absolute atomic E-state index is 14.5. The molecule has 0 aliphatic carbocycles. The minimum atomic E-state index is -1.05. The molecule has 0 aromatic heterocycles. The Morgan fingerprint density at radius 3 is 2.07 bits per heavy atom. The molecule has 11 atom stereocenters. The van der Waals surface area contributed by atoms with Crippen molar-refractivity contribution in [3.05, 3.63) is 35.9 Å². The van der Waals surface area contributed by atoms with Crippen LogP contribution in [0.5, 0.6) is 0 Å². The number of nitrogens with one attached hydrogen (secondary N) is 2. The summed E-state index contributed by atoms with van der Waals surface area (Å²) in [5.41, 5.74) is 0.797. The standard InChI is InChI=1S/C56H95N5O14/c1-15-38(7)52(60(11)55(68)42(36(3)4)32-45(63)51(37(5)6)59(9)10)46(70-12)33-48(65)61-29-21-25-44(61)53(72-14)39(8)54(67)58-43(31-40-23-18-17-19-24-40)56(69)73-30-22-28-57-47(64)26-20-27-49(66)74-35-50(71-13)75-41(16-2)34-62/h17-19,23-24,36-39,41-44,46,50-53,62H,15-16,20-22,25-35H2,1-14H3,(H,57,64)(H,58,67)/t38-,39+,41?,42-,43-,44-,46+,50?,51-,52-,53+/m0/s1. The average molecular weight is 1060 g/mol. The highest BCUT2D eigenvalue weighted by Crippen LogP contribution is 2.31. The second-order valence-corrected chi connectivity index (χ2v) is 20.9. The van der Waals surface area contributed by atoms with Crippen molar-refractivity contribution in [3.8, 4) is 0 Å². The lowest BCUT2D eigenvalue weighted by atomic mass is 9.83. The summed E-state index contributed by atoms with van der Waals surface area (Å²) in [6.45, 7) is 15.8. The first-order valence-corrected chi connectivity index (χ1v) is 27.1. The molecule has 19 heteroatoms. The number of ketones is 1. The number of methoxy groups -OCH3 is 3. The zero-order valence-electron chi connectivity index (χ0n) is 47.8. The van der Waals surface area contributed by atoms with Crippen molar-refractivity contribution in [2.24, 2.45) is 29.6 Å². The van der Waals surface area contributed by atoms with E-state index in [1.807, 2.05) is 97.8 Å². The fraction of sp³-hybridized carbons (Fsp3) is 0.768. The summed E-state index contributed by atoms with van der Waals surface area (Å²) in [7, 11) is 9.97. The van der Waals surface area contributed by atoms with Crippen molar-refractivity contribution < 1.29 is 67.1 Å². The van der Waals surface area contributed by atoms with Crippen LogP contribution >= 0.6 is 0 Å². The number of carbonyl (C=O) groups is 7. The van der Waals surface area contributed by atoms with Crippen LogP contribution in [0.15, 0.2) is 30.3 Å².